The zero-order valence-corrected chi connectivity index (χ0v) is 11.7. The standard InChI is InChI=1S/C11H15N3O2S2/c1-9-5-12-11(17-9)8-18(15,16)4-2-3-10-6-13-14-7-10/h5-7H,2-4,8H2,1H3,(H,13,14). The van der Waals surface area contributed by atoms with Gasteiger partial charge in [0.05, 0.1) is 11.9 Å². The maximum Gasteiger partial charge on any atom is 0.156 e. The predicted molar refractivity (Wildman–Crippen MR) is 71.3 cm³/mol. The number of nitrogens with one attached hydrogen (secondary N) is 1. The van der Waals surface area contributed by atoms with Crippen molar-refractivity contribution in [3.63, 3.8) is 0 Å². The van der Waals surface area contributed by atoms with Crippen LogP contribution in [0.4, 0.5) is 0 Å². The van der Waals surface area contributed by atoms with Gasteiger partial charge in [-0.05, 0) is 25.3 Å². The fourth-order valence-corrected chi connectivity index (χ4v) is 4.18. The number of H-pyrrole nitrogens is 1. The number of aryl methyl sites for hydroxylation is 2. The minimum atomic E-state index is -3.06. The van der Waals surface area contributed by atoms with Crippen LogP contribution in [0.3, 0.4) is 0 Å². The molecule has 0 aromatic carbocycles. The lowest BCUT2D eigenvalue weighted by molar-refractivity contribution is 0.592. The molecule has 0 fully saturated rings. The number of hydrogen-bond acceptors (Lipinski definition) is 5. The highest BCUT2D eigenvalue weighted by atomic mass is 32.2. The van der Waals surface area contributed by atoms with Crippen molar-refractivity contribution in [2.24, 2.45) is 0 Å². The molecule has 1 N–H and O–H groups in total. The van der Waals surface area contributed by atoms with Crippen LogP contribution < -0.4 is 0 Å². The molecule has 0 spiro atoms. The first-order valence-corrected chi connectivity index (χ1v) is 8.28. The van der Waals surface area contributed by atoms with Crippen molar-refractivity contribution >= 4 is 21.2 Å². The second-order valence-electron chi connectivity index (χ2n) is 4.17. The fraction of sp³-hybridized carbons (Fsp3) is 0.455. The molecule has 0 atom stereocenters. The van der Waals surface area contributed by atoms with Gasteiger partial charge in [0.1, 0.15) is 10.8 Å². The lowest BCUT2D eigenvalue weighted by atomic mass is 10.2. The van der Waals surface area contributed by atoms with Crippen LogP contribution in [-0.2, 0) is 22.0 Å². The van der Waals surface area contributed by atoms with Crippen LogP contribution >= 0.6 is 11.3 Å². The first kappa shape index (κ1) is 13.2. The maximum atomic E-state index is 11.9. The van der Waals surface area contributed by atoms with Gasteiger partial charge in [0.2, 0.25) is 0 Å². The first-order chi connectivity index (χ1) is 8.55. The van der Waals surface area contributed by atoms with Crippen molar-refractivity contribution in [2.75, 3.05) is 5.75 Å². The molecular formula is C11H15N3O2S2. The number of sulfone groups is 1. The summed E-state index contributed by atoms with van der Waals surface area (Å²) in [5.74, 6) is 0.244. The van der Waals surface area contributed by atoms with Gasteiger partial charge in [0.15, 0.2) is 9.84 Å². The van der Waals surface area contributed by atoms with E-state index in [0.29, 0.717) is 11.4 Å². The SMILES string of the molecule is Cc1cnc(CS(=O)(=O)CCCc2cn[nH]c2)s1. The number of nitrogens with zero attached hydrogens (tertiary/aromatic N) is 2. The third-order valence-corrected chi connectivity index (χ3v) is 5.21. The molecule has 0 bridgehead atoms. The monoisotopic (exact) mass is 285 g/mol. The Balaban J connectivity index is 1.84. The number of thiazole rings is 1. The zero-order chi connectivity index (χ0) is 13.0. The summed E-state index contributed by atoms with van der Waals surface area (Å²) >= 11 is 1.44. The van der Waals surface area contributed by atoms with Crippen LogP contribution in [0.5, 0.6) is 0 Å². The highest BCUT2D eigenvalue weighted by molar-refractivity contribution is 7.90. The molecule has 0 radical (unpaired) electrons. The largest absolute Gasteiger partial charge is 0.285 e. The minimum absolute atomic E-state index is 0.0525. The average molecular weight is 285 g/mol. The third-order valence-electron chi connectivity index (χ3n) is 2.49. The molecule has 2 aromatic heterocycles. The van der Waals surface area contributed by atoms with Gasteiger partial charge in [0.25, 0.3) is 0 Å². The van der Waals surface area contributed by atoms with E-state index in [0.717, 1.165) is 16.9 Å². The molecule has 2 rings (SSSR count). The van der Waals surface area contributed by atoms with Crippen molar-refractivity contribution < 1.29 is 8.42 Å². The molecule has 18 heavy (non-hydrogen) atoms. The van der Waals surface area contributed by atoms with Crippen LogP contribution in [0.15, 0.2) is 18.6 Å². The second kappa shape index (κ2) is 5.62. The number of aromatic amines is 1. The Labute approximate surface area is 110 Å². The van der Waals surface area contributed by atoms with Crippen LogP contribution in [0, 0.1) is 6.92 Å². The van der Waals surface area contributed by atoms with Gasteiger partial charge in [-0.1, -0.05) is 0 Å². The van der Waals surface area contributed by atoms with E-state index in [1.54, 1.807) is 18.6 Å². The Morgan fingerprint density at radius 1 is 1.39 bits per heavy atom. The van der Waals surface area contributed by atoms with Crippen molar-refractivity contribution in [2.45, 2.75) is 25.5 Å². The molecule has 0 saturated heterocycles. The van der Waals surface area contributed by atoms with E-state index >= 15 is 0 Å². The van der Waals surface area contributed by atoms with Gasteiger partial charge >= 0.3 is 0 Å². The molecule has 0 aliphatic rings. The van der Waals surface area contributed by atoms with E-state index in [1.165, 1.54) is 11.3 Å². The summed E-state index contributed by atoms with van der Waals surface area (Å²) in [5.41, 5.74) is 1.04. The Hall–Kier alpha value is -1.21. The second-order valence-corrected chi connectivity index (χ2v) is 7.67. The lowest BCUT2D eigenvalue weighted by Gasteiger charge is -2.01. The molecular weight excluding hydrogens is 270 g/mol. The third kappa shape index (κ3) is 3.92. The maximum absolute atomic E-state index is 11.9. The summed E-state index contributed by atoms with van der Waals surface area (Å²) in [6.45, 7) is 1.92. The molecule has 5 nitrogen and oxygen atoms in total. The molecule has 0 unspecified atom stereocenters. The summed E-state index contributed by atoms with van der Waals surface area (Å²) in [4.78, 5) is 5.12. The summed E-state index contributed by atoms with van der Waals surface area (Å²) in [6, 6.07) is 0. The van der Waals surface area contributed by atoms with E-state index in [1.807, 2.05) is 6.92 Å². The molecule has 7 heteroatoms. The van der Waals surface area contributed by atoms with Crippen LogP contribution in [0.1, 0.15) is 21.9 Å². The molecule has 0 saturated carbocycles. The molecule has 0 aliphatic heterocycles. The summed E-state index contributed by atoms with van der Waals surface area (Å²) in [7, 11) is -3.06. The van der Waals surface area contributed by atoms with Gasteiger partial charge in [-0.2, -0.15) is 5.10 Å². The van der Waals surface area contributed by atoms with Crippen molar-refractivity contribution in [1.29, 1.82) is 0 Å². The minimum Gasteiger partial charge on any atom is -0.285 e. The smallest absolute Gasteiger partial charge is 0.156 e. The summed E-state index contributed by atoms with van der Waals surface area (Å²) in [6.07, 6.45) is 6.56. The van der Waals surface area contributed by atoms with E-state index in [9.17, 15) is 8.42 Å². The lowest BCUT2D eigenvalue weighted by Crippen LogP contribution is -2.09. The highest BCUT2D eigenvalue weighted by Gasteiger charge is 2.14. The normalized spacial score (nSPS) is 11.8. The van der Waals surface area contributed by atoms with Crippen LogP contribution in [0.25, 0.3) is 0 Å². The molecule has 0 aliphatic carbocycles. The van der Waals surface area contributed by atoms with E-state index in [2.05, 4.69) is 15.2 Å². The summed E-state index contributed by atoms with van der Waals surface area (Å²) in [5, 5.41) is 7.21. The van der Waals surface area contributed by atoms with Crippen LogP contribution in [0.2, 0.25) is 0 Å². The Morgan fingerprint density at radius 2 is 2.22 bits per heavy atom. The van der Waals surface area contributed by atoms with Crippen molar-refractivity contribution in [1.82, 2.24) is 15.2 Å². The zero-order valence-electron chi connectivity index (χ0n) is 10.1. The highest BCUT2D eigenvalue weighted by Crippen LogP contribution is 2.15. The molecule has 2 heterocycles. The van der Waals surface area contributed by atoms with Gasteiger partial charge in [-0.25, -0.2) is 13.4 Å². The van der Waals surface area contributed by atoms with E-state index in [-0.39, 0.29) is 11.5 Å². The van der Waals surface area contributed by atoms with Crippen molar-refractivity contribution in [3.8, 4) is 0 Å². The molecule has 0 amide bonds. The quantitative estimate of drug-likeness (QED) is 0.877. The Kier molecular flexibility index (Phi) is 4.13. The fourth-order valence-electron chi connectivity index (χ4n) is 1.64. The van der Waals surface area contributed by atoms with Crippen LogP contribution in [-0.4, -0.2) is 29.4 Å². The molecule has 98 valence electrons. The van der Waals surface area contributed by atoms with Gasteiger partial charge in [-0.3, -0.25) is 5.10 Å². The first-order valence-electron chi connectivity index (χ1n) is 5.64. The van der Waals surface area contributed by atoms with Gasteiger partial charge in [0, 0.05) is 17.3 Å². The van der Waals surface area contributed by atoms with Gasteiger partial charge < -0.3 is 0 Å². The number of aromatic nitrogens is 3. The molecule has 2 aromatic rings. The number of rotatable bonds is 6. The van der Waals surface area contributed by atoms with E-state index in [4.69, 9.17) is 0 Å². The number of hydrogen-bond donors (Lipinski definition) is 1. The van der Waals surface area contributed by atoms with E-state index < -0.39 is 9.84 Å². The Morgan fingerprint density at radius 3 is 2.83 bits per heavy atom. The Bertz CT molecular complexity index is 588. The average Bonchev–Trinajstić information content (AvgIpc) is 2.89. The van der Waals surface area contributed by atoms with Crippen molar-refractivity contribution in [3.05, 3.63) is 34.0 Å². The predicted octanol–water partition coefficient (Wildman–Crippen LogP) is 1.72. The van der Waals surface area contributed by atoms with Gasteiger partial charge in [-0.15, -0.1) is 11.3 Å². The topological polar surface area (TPSA) is 75.7 Å². The summed E-state index contributed by atoms with van der Waals surface area (Å²) < 4.78 is 23.8.